The second-order valence-corrected chi connectivity index (χ2v) is 5.53. The van der Waals surface area contributed by atoms with Crippen molar-refractivity contribution in [3.8, 4) is 11.5 Å². The van der Waals surface area contributed by atoms with E-state index in [4.69, 9.17) is 20.9 Å². The lowest BCUT2D eigenvalue weighted by atomic mass is 9.90. The number of nitrogen functional groups attached to an aromatic ring is 2. The van der Waals surface area contributed by atoms with Crippen LogP contribution in [0.2, 0.25) is 0 Å². The minimum atomic E-state index is 0.181. The van der Waals surface area contributed by atoms with Gasteiger partial charge in [-0.15, -0.1) is 0 Å². The van der Waals surface area contributed by atoms with Crippen LogP contribution in [0.15, 0.2) is 18.3 Å². The van der Waals surface area contributed by atoms with Crippen molar-refractivity contribution in [3.63, 3.8) is 0 Å². The molecule has 1 atom stereocenters. The number of aromatic nitrogens is 2. The van der Waals surface area contributed by atoms with Crippen molar-refractivity contribution in [2.24, 2.45) is 0 Å². The Morgan fingerprint density at radius 3 is 2.30 bits per heavy atom. The summed E-state index contributed by atoms with van der Waals surface area (Å²) in [6, 6.07) is 4.03. The van der Waals surface area contributed by atoms with Gasteiger partial charge in [-0.3, -0.25) is 0 Å². The van der Waals surface area contributed by atoms with E-state index in [0.717, 1.165) is 23.3 Å². The topological polar surface area (TPSA) is 96.3 Å². The average molecular weight is 316 g/mol. The Morgan fingerprint density at radius 1 is 1.09 bits per heavy atom. The lowest BCUT2D eigenvalue weighted by Crippen LogP contribution is -2.07. The fourth-order valence-corrected chi connectivity index (χ4v) is 2.54. The first-order valence-electron chi connectivity index (χ1n) is 7.61. The van der Waals surface area contributed by atoms with Gasteiger partial charge in [0.25, 0.3) is 0 Å². The maximum Gasteiger partial charge on any atom is 0.221 e. The summed E-state index contributed by atoms with van der Waals surface area (Å²) in [5, 5.41) is 0. The minimum Gasteiger partial charge on any atom is -0.493 e. The highest BCUT2D eigenvalue weighted by Crippen LogP contribution is 2.36. The van der Waals surface area contributed by atoms with Gasteiger partial charge < -0.3 is 20.9 Å². The second kappa shape index (κ2) is 7.17. The van der Waals surface area contributed by atoms with Crippen LogP contribution in [0.25, 0.3) is 0 Å². The van der Waals surface area contributed by atoms with Crippen LogP contribution in [0.4, 0.5) is 11.8 Å². The molecule has 1 heterocycles. The molecule has 1 aromatic carbocycles. The van der Waals surface area contributed by atoms with Crippen LogP contribution in [-0.4, -0.2) is 24.2 Å². The lowest BCUT2D eigenvalue weighted by Gasteiger charge is -2.19. The van der Waals surface area contributed by atoms with Crippen LogP contribution < -0.4 is 20.9 Å². The van der Waals surface area contributed by atoms with Gasteiger partial charge in [0.1, 0.15) is 5.82 Å². The average Bonchev–Trinajstić information content (AvgIpc) is 2.56. The number of nitrogens with zero attached hydrogens (tertiary/aromatic N) is 2. The number of nitrogens with two attached hydrogens (primary N) is 2. The molecule has 2 rings (SSSR count). The number of anilines is 2. The van der Waals surface area contributed by atoms with E-state index in [1.807, 2.05) is 12.1 Å². The van der Waals surface area contributed by atoms with Crippen molar-refractivity contribution in [2.75, 3.05) is 25.7 Å². The fourth-order valence-electron chi connectivity index (χ4n) is 2.54. The number of methoxy groups -OCH3 is 2. The number of hydrogen-bond donors (Lipinski definition) is 2. The molecule has 0 aliphatic rings. The first-order valence-corrected chi connectivity index (χ1v) is 7.61. The van der Waals surface area contributed by atoms with Crippen LogP contribution in [0.3, 0.4) is 0 Å². The Kier molecular flexibility index (Phi) is 5.26. The molecule has 2 aromatic rings. The van der Waals surface area contributed by atoms with Gasteiger partial charge in [-0.1, -0.05) is 13.8 Å². The summed E-state index contributed by atoms with van der Waals surface area (Å²) in [6.45, 7) is 4.35. The van der Waals surface area contributed by atoms with Crippen molar-refractivity contribution in [3.05, 3.63) is 35.0 Å². The van der Waals surface area contributed by atoms with Crippen molar-refractivity contribution >= 4 is 11.8 Å². The highest BCUT2D eigenvalue weighted by molar-refractivity contribution is 5.52. The third-order valence-corrected chi connectivity index (χ3v) is 4.09. The van der Waals surface area contributed by atoms with Gasteiger partial charge in [0.05, 0.1) is 14.2 Å². The molecule has 124 valence electrons. The summed E-state index contributed by atoms with van der Waals surface area (Å²) >= 11 is 0. The number of rotatable bonds is 6. The van der Waals surface area contributed by atoms with Crippen LogP contribution in [0.5, 0.6) is 11.5 Å². The predicted octanol–water partition coefficient (Wildman–Crippen LogP) is 2.76. The molecule has 0 amide bonds. The second-order valence-electron chi connectivity index (χ2n) is 5.53. The van der Waals surface area contributed by atoms with Crippen molar-refractivity contribution in [2.45, 2.75) is 32.6 Å². The molecule has 0 spiro atoms. The summed E-state index contributed by atoms with van der Waals surface area (Å²) in [5.41, 5.74) is 14.7. The van der Waals surface area contributed by atoms with E-state index in [0.29, 0.717) is 23.9 Å². The van der Waals surface area contributed by atoms with Crippen molar-refractivity contribution in [1.82, 2.24) is 9.97 Å². The molecular formula is C17H24N4O2. The molecule has 0 aliphatic carbocycles. The van der Waals surface area contributed by atoms with E-state index in [1.165, 1.54) is 5.56 Å². The SMILES string of the molecule is CCC(C)c1cc(OC)c(OC)cc1Cc1cnc(N)nc1N. The molecule has 0 fully saturated rings. The number of benzene rings is 1. The van der Waals surface area contributed by atoms with E-state index >= 15 is 0 Å². The molecule has 4 N–H and O–H groups in total. The Hall–Kier alpha value is -2.50. The Bertz CT molecular complexity index is 689. The lowest BCUT2D eigenvalue weighted by molar-refractivity contribution is 0.353. The summed E-state index contributed by atoms with van der Waals surface area (Å²) in [6.07, 6.45) is 3.32. The standard InChI is InChI=1S/C17H24N4O2/c1-5-10(2)13-8-15(23-4)14(22-3)7-11(13)6-12-9-20-17(19)21-16(12)18/h7-10H,5-6H2,1-4H3,(H4,18,19,20,21). The smallest absolute Gasteiger partial charge is 0.221 e. The van der Waals surface area contributed by atoms with Gasteiger partial charge in [0.2, 0.25) is 5.95 Å². The van der Waals surface area contributed by atoms with Gasteiger partial charge in [-0.2, -0.15) is 4.98 Å². The molecular weight excluding hydrogens is 292 g/mol. The third kappa shape index (κ3) is 3.64. The predicted molar refractivity (Wildman–Crippen MR) is 91.9 cm³/mol. The molecule has 0 saturated heterocycles. The number of hydrogen-bond acceptors (Lipinski definition) is 6. The van der Waals surface area contributed by atoms with E-state index in [-0.39, 0.29) is 5.95 Å². The highest BCUT2D eigenvalue weighted by atomic mass is 16.5. The van der Waals surface area contributed by atoms with Gasteiger partial charge in [-0.05, 0) is 35.6 Å². The van der Waals surface area contributed by atoms with E-state index in [2.05, 4.69) is 23.8 Å². The van der Waals surface area contributed by atoms with Crippen LogP contribution in [0, 0.1) is 0 Å². The normalized spacial score (nSPS) is 12.0. The van der Waals surface area contributed by atoms with Crippen molar-refractivity contribution in [1.29, 1.82) is 0 Å². The van der Waals surface area contributed by atoms with E-state index in [1.54, 1.807) is 20.4 Å². The fraction of sp³-hybridized carbons (Fsp3) is 0.412. The zero-order chi connectivity index (χ0) is 17.0. The van der Waals surface area contributed by atoms with Crippen molar-refractivity contribution < 1.29 is 9.47 Å². The summed E-state index contributed by atoms with van der Waals surface area (Å²) in [4.78, 5) is 8.07. The zero-order valence-corrected chi connectivity index (χ0v) is 14.1. The number of ether oxygens (including phenoxy) is 2. The van der Waals surface area contributed by atoms with Crippen LogP contribution in [-0.2, 0) is 6.42 Å². The molecule has 0 bridgehead atoms. The van der Waals surface area contributed by atoms with Crippen LogP contribution in [0.1, 0.15) is 42.9 Å². The van der Waals surface area contributed by atoms with Gasteiger partial charge in [0.15, 0.2) is 11.5 Å². The largest absolute Gasteiger partial charge is 0.493 e. The summed E-state index contributed by atoms with van der Waals surface area (Å²) in [7, 11) is 3.27. The maximum atomic E-state index is 5.97. The summed E-state index contributed by atoms with van der Waals surface area (Å²) < 4.78 is 10.9. The monoisotopic (exact) mass is 316 g/mol. The third-order valence-electron chi connectivity index (χ3n) is 4.09. The summed E-state index contributed by atoms with van der Waals surface area (Å²) in [5.74, 6) is 2.40. The molecule has 23 heavy (non-hydrogen) atoms. The molecule has 0 aliphatic heterocycles. The Balaban J connectivity index is 2.50. The maximum absolute atomic E-state index is 5.97. The van der Waals surface area contributed by atoms with E-state index in [9.17, 15) is 0 Å². The first-order chi connectivity index (χ1) is 11.0. The Labute approximate surface area is 136 Å². The minimum absolute atomic E-state index is 0.181. The van der Waals surface area contributed by atoms with Gasteiger partial charge in [-0.25, -0.2) is 4.98 Å². The quantitative estimate of drug-likeness (QED) is 0.850. The Morgan fingerprint density at radius 2 is 1.74 bits per heavy atom. The molecule has 6 nitrogen and oxygen atoms in total. The molecule has 1 unspecified atom stereocenters. The molecule has 0 saturated carbocycles. The van der Waals surface area contributed by atoms with Gasteiger partial charge >= 0.3 is 0 Å². The molecule has 0 radical (unpaired) electrons. The zero-order valence-electron chi connectivity index (χ0n) is 14.1. The van der Waals surface area contributed by atoms with Crippen LogP contribution >= 0.6 is 0 Å². The van der Waals surface area contributed by atoms with E-state index < -0.39 is 0 Å². The molecule has 6 heteroatoms. The first kappa shape index (κ1) is 16.9. The van der Waals surface area contributed by atoms with Gasteiger partial charge in [0, 0.05) is 18.2 Å². The molecule has 1 aromatic heterocycles. The highest BCUT2D eigenvalue weighted by Gasteiger charge is 2.16.